The van der Waals surface area contributed by atoms with Crippen molar-refractivity contribution in [3.8, 4) is 5.75 Å². The zero-order valence-corrected chi connectivity index (χ0v) is 10.9. The van der Waals surface area contributed by atoms with E-state index < -0.39 is 11.9 Å². The zero-order valence-electron chi connectivity index (χ0n) is 10.9. The van der Waals surface area contributed by atoms with Gasteiger partial charge in [-0.1, -0.05) is 12.1 Å². The maximum absolute atomic E-state index is 12.3. The number of nitrogens with two attached hydrogens (primary N) is 1. The van der Waals surface area contributed by atoms with Crippen molar-refractivity contribution in [3.05, 3.63) is 42.1 Å². The van der Waals surface area contributed by atoms with Crippen LogP contribution in [-0.2, 0) is 6.18 Å². The molecule has 0 bridgehead atoms. The van der Waals surface area contributed by atoms with Crippen molar-refractivity contribution in [2.45, 2.75) is 6.18 Å². The number of aromatic nitrogens is 2. The van der Waals surface area contributed by atoms with Crippen LogP contribution in [-0.4, -0.2) is 23.3 Å². The highest BCUT2D eigenvalue weighted by atomic mass is 19.4. The fourth-order valence-corrected chi connectivity index (χ4v) is 1.53. The van der Waals surface area contributed by atoms with Crippen LogP contribution in [0.4, 0.5) is 24.7 Å². The van der Waals surface area contributed by atoms with E-state index in [0.717, 1.165) is 6.07 Å². The van der Waals surface area contributed by atoms with Gasteiger partial charge in [-0.15, -0.1) is 10.2 Å². The SMILES string of the molecule is Nc1ccccc1OCCNc1ccc(C(F)(F)F)nn1. The molecule has 2 rings (SSSR count). The molecule has 1 heterocycles. The van der Waals surface area contributed by atoms with Gasteiger partial charge in [0.1, 0.15) is 18.2 Å². The fourth-order valence-electron chi connectivity index (χ4n) is 1.53. The summed E-state index contributed by atoms with van der Waals surface area (Å²) in [6.45, 7) is 0.644. The van der Waals surface area contributed by atoms with Gasteiger partial charge in [0.25, 0.3) is 0 Å². The third-order valence-electron chi connectivity index (χ3n) is 2.54. The number of benzene rings is 1. The molecule has 0 unspecified atom stereocenters. The van der Waals surface area contributed by atoms with Gasteiger partial charge in [-0.05, 0) is 24.3 Å². The molecule has 1 aromatic carbocycles. The van der Waals surface area contributed by atoms with Crippen LogP contribution in [0.5, 0.6) is 5.75 Å². The smallest absolute Gasteiger partial charge is 0.435 e. The van der Waals surface area contributed by atoms with Crippen LogP contribution in [0.15, 0.2) is 36.4 Å². The highest BCUT2D eigenvalue weighted by molar-refractivity contribution is 5.51. The number of ether oxygens (including phenoxy) is 1. The van der Waals surface area contributed by atoms with Crippen LogP contribution in [0, 0.1) is 0 Å². The molecule has 0 atom stereocenters. The Morgan fingerprint density at radius 3 is 2.48 bits per heavy atom. The molecule has 0 radical (unpaired) electrons. The third-order valence-corrected chi connectivity index (χ3v) is 2.54. The summed E-state index contributed by atoms with van der Waals surface area (Å²) in [5.74, 6) is 0.797. The second kappa shape index (κ2) is 6.29. The lowest BCUT2D eigenvalue weighted by atomic mass is 10.3. The van der Waals surface area contributed by atoms with Crippen molar-refractivity contribution in [1.82, 2.24) is 10.2 Å². The quantitative estimate of drug-likeness (QED) is 0.655. The first-order chi connectivity index (χ1) is 9.97. The third kappa shape index (κ3) is 4.23. The molecule has 0 fully saturated rings. The molecule has 0 amide bonds. The molecular weight excluding hydrogens is 285 g/mol. The lowest BCUT2D eigenvalue weighted by Crippen LogP contribution is -2.14. The topological polar surface area (TPSA) is 73.1 Å². The number of hydrogen-bond acceptors (Lipinski definition) is 5. The minimum atomic E-state index is -4.49. The van der Waals surface area contributed by atoms with E-state index in [9.17, 15) is 13.2 Å². The van der Waals surface area contributed by atoms with Crippen molar-refractivity contribution in [2.24, 2.45) is 0 Å². The Labute approximate surface area is 118 Å². The van der Waals surface area contributed by atoms with Crippen LogP contribution in [0.1, 0.15) is 5.69 Å². The Morgan fingerprint density at radius 1 is 1.10 bits per heavy atom. The molecule has 1 aromatic heterocycles. The van der Waals surface area contributed by atoms with Crippen LogP contribution in [0.25, 0.3) is 0 Å². The number of nitrogens with one attached hydrogen (secondary N) is 1. The average Bonchev–Trinajstić information content (AvgIpc) is 2.45. The molecule has 21 heavy (non-hydrogen) atoms. The number of rotatable bonds is 5. The molecule has 2 aromatic rings. The Morgan fingerprint density at radius 2 is 1.86 bits per heavy atom. The van der Waals surface area contributed by atoms with E-state index in [2.05, 4.69) is 15.5 Å². The second-order valence-corrected chi connectivity index (χ2v) is 4.11. The standard InChI is InChI=1S/C13H13F3N4O/c14-13(15,16)11-5-6-12(20-19-11)18-7-8-21-10-4-2-1-3-9(10)17/h1-6H,7-8,17H2,(H,18,20). The first-order valence-electron chi connectivity index (χ1n) is 6.09. The Bertz CT molecular complexity index is 587. The van der Waals surface area contributed by atoms with Crippen LogP contribution < -0.4 is 15.8 Å². The first-order valence-corrected chi connectivity index (χ1v) is 6.09. The molecule has 0 aliphatic rings. The molecule has 0 saturated carbocycles. The normalized spacial score (nSPS) is 11.2. The number of hydrogen-bond donors (Lipinski definition) is 2. The van der Waals surface area contributed by atoms with Crippen LogP contribution in [0.3, 0.4) is 0 Å². The van der Waals surface area contributed by atoms with Gasteiger partial charge in [-0.2, -0.15) is 13.2 Å². The van der Waals surface area contributed by atoms with Crippen molar-refractivity contribution in [3.63, 3.8) is 0 Å². The van der Waals surface area contributed by atoms with Gasteiger partial charge in [0.05, 0.1) is 12.2 Å². The molecule has 8 heteroatoms. The predicted octanol–water partition coefficient (Wildman–Crippen LogP) is 2.57. The summed E-state index contributed by atoms with van der Waals surface area (Å²) in [6, 6.07) is 9.11. The molecule has 0 saturated heterocycles. The molecule has 0 aliphatic carbocycles. The largest absolute Gasteiger partial charge is 0.490 e. The Hall–Kier alpha value is -2.51. The summed E-state index contributed by atoms with van der Waals surface area (Å²) in [5, 5.41) is 9.35. The van der Waals surface area contributed by atoms with E-state index in [1.807, 2.05) is 0 Å². The maximum atomic E-state index is 12.3. The van der Waals surface area contributed by atoms with Crippen molar-refractivity contribution < 1.29 is 17.9 Å². The minimum Gasteiger partial charge on any atom is -0.490 e. The van der Waals surface area contributed by atoms with Gasteiger partial charge in [0, 0.05) is 0 Å². The van der Waals surface area contributed by atoms with E-state index in [4.69, 9.17) is 10.5 Å². The van der Waals surface area contributed by atoms with E-state index in [-0.39, 0.29) is 12.4 Å². The lowest BCUT2D eigenvalue weighted by molar-refractivity contribution is -0.141. The van der Waals surface area contributed by atoms with Gasteiger partial charge in [-0.25, -0.2) is 0 Å². The monoisotopic (exact) mass is 298 g/mol. The van der Waals surface area contributed by atoms with Gasteiger partial charge < -0.3 is 15.8 Å². The van der Waals surface area contributed by atoms with Crippen molar-refractivity contribution in [2.75, 3.05) is 24.2 Å². The molecule has 3 N–H and O–H groups in total. The highest BCUT2D eigenvalue weighted by Gasteiger charge is 2.32. The summed E-state index contributed by atoms with van der Waals surface area (Å²) in [5.41, 5.74) is 5.19. The molecular formula is C13H13F3N4O. The highest BCUT2D eigenvalue weighted by Crippen LogP contribution is 2.27. The minimum absolute atomic E-state index is 0.243. The number of alkyl halides is 3. The predicted molar refractivity (Wildman–Crippen MR) is 71.9 cm³/mol. The van der Waals surface area contributed by atoms with Crippen molar-refractivity contribution in [1.29, 1.82) is 0 Å². The van der Waals surface area contributed by atoms with E-state index in [0.29, 0.717) is 18.0 Å². The maximum Gasteiger partial charge on any atom is 0.435 e. The van der Waals surface area contributed by atoms with Crippen LogP contribution in [0.2, 0.25) is 0 Å². The molecule has 112 valence electrons. The number of para-hydroxylation sites is 2. The lowest BCUT2D eigenvalue weighted by Gasteiger charge is -2.10. The molecule has 0 aliphatic heterocycles. The molecule has 0 spiro atoms. The first kappa shape index (κ1) is 14.9. The summed E-state index contributed by atoms with van der Waals surface area (Å²) in [7, 11) is 0. The number of anilines is 2. The fraction of sp³-hybridized carbons (Fsp3) is 0.231. The average molecular weight is 298 g/mol. The summed E-state index contributed by atoms with van der Waals surface area (Å²) < 4.78 is 42.3. The number of nitrogens with zero attached hydrogens (tertiary/aromatic N) is 2. The number of halogens is 3. The van der Waals surface area contributed by atoms with Gasteiger partial charge >= 0.3 is 6.18 Å². The van der Waals surface area contributed by atoms with Gasteiger partial charge in [0.15, 0.2) is 5.69 Å². The zero-order chi connectivity index (χ0) is 15.3. The van der Waals surface area contributed by atoms with Crippen LogP contribution >= 0.6 is 0 Å². The summed E-state index contributed by atoms with van der Waals surface area (Å²) >= 11 is 0. The van der Waals surface area contributed by atoms with Gasteiger partial charge in [0.2, 0.25) is 0 Å². The molecule has 5 nitrogen and oxygen atoms in total. The van der Waals surface area contributed by atoms with Crippen molar-refractivity contribution >= 4 is 11.5 Å². The Balaban J connectivity index is 1.80. The van der Waals surface area contributed by atoms with E-state index in [1.165, 1.54) is 6.07 Å². The number of nitrogen functional groups attached to an aromatic ring is 1. The van der Waals surface area contributed by atoms with Gasteiger partial charge in [-0.3, -0.25) is 0 Å². The summed E-state index contributed by atoms with van der Waals surface area (Å²) in [4.78, 5) is 0. The second-order valence-electron chi connectivity index (χ2n) is 4.11. The Kier molecular flexibility index (Phi) is 4.46. The van der Waals surface area contributed by atoms with E-state index >= 15 is 0 Å². The summed E-state index contributed by atoms with van der Waals surface area (Å²) in [6.07, 6.45) is -4.49. The van der Waals surface area contributed by atoms with E-state index in [1.54, 1.807) is 24.3 Å².